The Labute approximate surface area is 301 Å². The summed E-state index contributed by atoms with van der Waals surface area (Å²) in [7, 11) is 0. The van der Waals surface area contributed by atoms with Gasteiger partial charge in [0.25, 0.3) is 0 Å². The van der Waals surface area contributed by atoms with E-state index in [1.807, 2.05) is 6.07 Å². The lowest BCUT2D eigenvalue weighted by molar-refractivity contribution is -0.164. The van der Waals surface area contributed by atoms with Crippen molar-refractivity contribution in [3.8, 4) is 6.07 Å². The zero-order chi connectivity index (χ0) is 37.7. The van der Waals surface area contributed by atoms with Crippen LogP contribution in [0.25, 0.3) is 6.08 Å². The van der Waals surface area contributed by atoms with Crippen molar-refractivity contribution in [2.45, 2.75) is 61.2 Å². The quantitative estimate of drug-likeness (QED) is 0.113. The Morgan fingerprint density at radius 3 is 2.60 bits per heavy atom. The summed E-state index contributed by atoms with van der Waals surface area (Å²) in [6.45, 7) is 1.61. The first-order valence-corrected chi connectivity index (χ1v) is 16.9. The molecule has 1 fully saturated rings. The van der Waals surface area contributed by atoms with E-state index in [1.165, 1.54) is 53.4 Å². The average molecular weight is 744 g/mol. The highest BCUT2D eigenvalue weighted by atomic mass is 32.2. The zero-order valence-corrected chi connectivity index (χ0v) is 28.7. The number of allylic oxidation sites excluding steroid dienone is 2. The molecule has 0 spiro atoms. The molecule has 0 radical (unpaired) electrons. The van der Waals surface area contributed by atoms with Gasteiger partial charge in [-0.2, -0.15) is 10.4 Å². The van der Waals surface area contributed by atoms with E-state index >= 15 is 4.39 Å². The predicted octanol–water partition coefficient (Wildman–Crippen LogP) is 4.26. The fraction of sp³-hybridized carbons (Fsp3) is 0.371. The van der Waals surface area contributed by atoms with Crippen LogP contribution in [-0.2, 0) is 45.5 Å². The number of nitriles is 1. The van der Waals surface area contributed by atoms with E-state index in [-0.39, 0.29) is 55.6 Å². The third-order valence-electron chi connectivity index (χ3n) is 7.74. The summed E-state index contributed by atoms with van der Waals surface area (Å²) in [5.74, 6) is -5.35. The number of nitrogens with zero attached hydrogens (tertiary/aromatic N) is 4. The Balaban J connectivity index is 1.45. The molecule has 2 aromatic carbocycles. The second kappa shape index (κ2) is 19.0. The molecule has 0 unspecified atom stereocenters. The van der Waals surface area contributed by atoms with E-state index in [0.29, 0.717) is 11.6 Å². The van der Waals surface area contributed by atoms with Gasteiger partial charge >= 0.3 is 17.9 Å². The number of carboxylic acids is 1. The van der Waals surface area contributed by atoms with Crippen molar-refractivity contribution in [2.24, 2.45) is 5.73 Å². The molecule has 3 atom stereocenters. The fourth-order valence-electron chi connectivity index (χ4n) is 5.15. The van der Waals surface area contributed by atoms with Crippen LogP contribution < -0.4 is 5.73 Å². The average Bonchev–Trinajstić information content (AvgIpc) is 3.62. The van der Waals surface area contributed by atoms with E-state index in [0.717, 1.165) is 12.1 Å². The molecule has 0 aliphatic carbocycles. The first-order chi connectivity index (χ1) is 24.9. The van der Waals surface area contributed by atoms with Gasteiger partial charge in [0.1, 0.15) is 36.1 Å². The fourth-order valence-corrected chi connectivity index (χ4v) is 6.51. The minimum Gasteiger partial charge on any atom is -0.481 e. The second-order valence-electron chi connectivity index (χ2n) is 11.6. The molecule has 13 nitrogen and oxygen atoms in total. The molecule has 17 heteroatoms. The van der Waals surface area contributed by atoms with E-state index in [4.69, 9.17) is 35.0 Å². The lowest BCUT2D eigenvalue weighted by Gasteiger charge is -2.40. The number of carbonyl (C=O) groups is 3. The molecule has 276 valence electrons. The van der Waals surface area contributed by atoms with Gasteiger partial charge in [0.2, 0.25) is 0 Å². The molecule has 3 aromatic rings. The van der Waals surface area contributed by atoms with Crippen molar-refractivity contribution in [2.75, 3.05) is 19.8 Å². The van der Waals surface area contributed by atoms with Crippen molar-refractivity contribution in [3.05, 3.63) is 101 Å². The van der Waals surface area contributed by atoms with Crippen LogP contribution >= 0.6 is 11.8 Å². The van der Waals surface area contributed by atoms with E-state index in [9.17, 15) is 23.2 Å². The van der Waals surface area contributed by atoms with Crippen molar-refractivity contribution in [1.82, 2.24) is 14.8 Å². The van der Waals surface area contributed by atoms with E-state index < -0.39 is 65.0 Å². The molecule has 0 saturated carbocycles. The first kappa shape index (κ1) is 39.8. The van der Waals surface area contributed by atoms with Crippen LogP contribution in [0, 0.1) is 28.8 Å². The Morgan fingerprint density at radius 1 is 1.17 bits per heavy atom. The summed E-state index contributed by atoms with van der Waals surface area (Å²) < 4.78 is 67.9. The smallest absolute Gasteiger partial charge is 0.323 e. The highest BCUT2D eigenvalue weighted by Gasteiger charge is 2.46. The SMILES string of the molecule is C[C@@H](S[C@H]1CO[C@H](/C=C/C=C/c2ccc(C#N)cc2F)OC1)[C@@](Cn1cncn1)(OC(=O)CCCOC(=O)[C@@H](N)CC(=O)O)c1ccc(F)cc1F. The second-order valence-corrected chi connectivity index (χ2v) is 13.2. The van der Waals surface area contributed by atoms with Crippen LogP contribution in [0.3, 0.4) is 0 Å². The summed E-state index contributed by atoms with van der Waals surface area (Å²) in [6.07, 6.45) is 7.35. The molecule has 52 heavy (non-hydrogen) atoms. The standard InChI is InChI=1S/C35H36F3N5O8S/c1-22(52-26-17-49-33(50-18-26)7-3-2-5-24-9-8-23(16-39)13-28(24)37)35(19-43-21-41-20-42-43,27-11-10-25(36)14-29(27)38)51-32(46)6-4-12-48-34(47)30(40)15-31(44)45/h2-3,5,7-11,13-14,20-22,26,30,33H,4,6,12,15,17-19,40H2,1H3,(H,44,45)/b5-2+,7-3+/t22-,26-,30+,33-,35-/m1/s1. The number of aromatic nitrogens is 3. The summed E-state index contributed by atoms with van der Waals surface area (Å²) in [4.78, 5) is 40.1. The Kier molecular flexibility index (Phi) is 14.5. The van der Waals surface area contributed by atoms with Crippen molar-refractivity contribution in [3.63, 3.8) is 0 Å². The number of ether oxygens (including phenoxy) is 4. The van der Waals surface area contributed by atoms with Crippen molar-refractivity contribution >= 4 is 35.7 Å². The molecule has 1 saturated heterocycles. The first-order valence-electron chi connectivity index (χ1n) is 16.0. The molecule has 1 aromatic heterocycles. The van der Waals surface area contributed by atoms with Crippen LogP contribution in [-0.4, -0.2) is 80.4 Å². The third kappa shape index (κ3) is 11.2. The minimum atomic E-state index is -1.77. The molecular formula is C35H36F3N5O8S. The Hall–Kier alpha value is -5.02. The van der Waals surface area contributed by atoms with Gasteiger partial charge in [-0.3, -0.25) is 14.4 Å². The predicted molar refractivity (Wildman–Crippen MR) is 180 cm³/mol. The molecule has 0 bridgehead atoms. The molecule has 4 rings (SSSR count). The van der Waals surface area contributed by atoms with Gasteiger partial charge in [0.05, 0.1) is 49.7 Å². The summed E-state index contributed by atoms with van der Waals surface area (Å²) in [6, 6.07) is 7.58. The number of hydrogen-bond donors (Lipinski definition) is 2. The van der Waals surface area contributed by atoms with Crippen LogP contribution in [0.5, 0.6) is 0 Å². The number of nitrogens with two attached hydrogens (primary N) is 1. The minimum absolute atomic E-state index is 0.0198. The molecule has 0 amide bonds. The van der Waals surface area contributed by atoms with Crippen molar-refractivity contribution < 1.29 is 51.6 Å². The number of aliphatic carboxylic acids is 1. The van der Waals surface area contributed by atoms with Gasteiger partial charge in [0.15, 0.2) is 11.9 Å². The van der Waals surface area contributed by atoms with Gasteiger partial charge in [-0.15, -0.1) is 11.8 Å². The lowest BCUT2D eigenvalue weighted by Crippen LogP contribution is -2.47. The number of benzene rings is 2. The molecule has 3 N–H and O–H groups in total. The van der Waals surface area contributed by atoms with Crippen LogP contribution in [0.2, 0.25) is 0 Å². The van der Waals surface area contributed by atoms with Gasteiger partial charge in [0, 0.05) is 28.9 Å². The Bertz CT molecular complexity index is 1800. The lowest BCUT2D eigenvalue weighted by atomic mass is 9.89. The summed E-state index contributed by atoms with van der Waals surface area (Å²) >= 11 is 1.29. The number of carbonyl (C=O) groups excluding carboxylic acids is 2. The van der Waals surface area contributed by atoms with E-state index in [2.05, 4.69) is 10.1 Å². The van der Waals surface area contributed by atoms with Gasteiger partial charge in [-0.1, -0.05) is 24.3 Å². The maximum absolute atomic E-state index is 15.6. The van der Waals surface area contributed by atoms with Crippen LogP contribution in [0.1, 0.15) is 42.9 Å². The molecule has 1 aliphatic heterocycles. The zero-order valence-electron chi connectivity index (χ0n) is 27.9. The third-order valence-corrected chi connectivity index (χ3v) is 9.19. The van der Waals surface area contributed by atoms with Gasteiger partial charge in [-0.25, -0.2) is 22.8 Å². The number of carboxylic acid groups (broad SMARTS) is 1. The summed E-state index contributed by atoms with van der Waals surface area (Å²) in [5, 5.41) is 20.8. The maximum atomic E-state index is 15.6. The molecular weight excluding hydrogens is 707 g/mol. The number of rotatable bonds is 17. The maximum Gasteiger partial charge on any atom is 0.323 e. The molecule has 1 aliphatic rings. The molecule has 2 heterocycles. The highest BCUT2D eigenvalue weighted by Crippen LogP contribution is 2.42. The number of halogens is 3. The highest BCUT2D eigenvalue weighted by molar-refractivity contribution is 8.00. The Morgan fingerprint density at radius 2 is 1.94 bits per heavy atom. The number of hydrogen-bond acceptors (Lipinski definition) is 12. The van der Waals surface area contributed by atoms with Gasteiger partial charge in [-0.05, 0) is 43.7 Å². The van der Waals surface area contributed by atoms with Crippen molar-refractivity contribution in [1.29, 1.82) is 5.26 Å². The van der Waals surface area contributed by atoms with Crippen LogP contribution in [0.15, 0.2) is 67.3 Å². The topological polar surface area (TPSA) is 189 Å². The summed E-state index contributed by atoms with van der Waals surface area (Å²) in [5.41, 5.74) is 4.13. The number of esters is 2. The normalized spacial score (nSPS) is 18.4. The largest absolute Gasteiger partial charge is 0.481 e. The van der Waals surface area contributed by atoms with Gasteiger partial charge < -0.3 is 29.8 Å². The van der Waals surface area contributed by atoms with Crippen LogP contribution in [0.4, 0.5) is 13.2 Å². The monoisotopic (exact) mass is 743 g/mol. The number of thioether (sulfide) groups is 1. The van der Waals surface area contributed by atoms with E-state index in [1.54, 1.807) is 25.2 Å².